The van der Waals surface area contributed by atoms with Gasteiger partial charge in [-0.1, -0.05) is 11.6 Å². The van der Waals surface area contributed by atoms with Crippen molar-refractivity contribution in [2.45, 2.75) is 45.1 Å². The average Bonchev–Trinajstić information content (AvgIpc) is 2.55. The van der Waals surface area contributed by atoms with Crippen molar-refractivity contribution < 1.29 is 4.79 Å². The van der Waals surface area contributed by atoms with Crippen molar-refractivity contribution >= 4 is 5.91 Å². The van der Waals surface area contributed by atoms with Gasteiger partial charge in [0, 0.05) is 19.0 Å². The van der Waals surface area contributed by atoms with E-state index < -0.39 is 0 Å². The molecule has 0 spiro atoms. The molecule has 0 saturated carbocycles. The van der Waals surface area contributed by atoms with Gasteiger partial charge in [-0.25, -0.2) is 0 Å². The molecule has 0 aromatic rings. The third-order valence-corrected chi connectivity index (χ3v) is 2.41. The van der Waals surface area contributed by atoms with Gasteiger partial charge in [0.15, 0.2) is 0 Å². The van der Waals surface area contributed by atoms with Crippen LogP contribution in [0.3, 0.4) is 0 Å². The fourth-order valence-electron chi connectivity index (χ4n) is 1.69. The van der Waals surface area contributed by atoms with E-state index in [0.29, 0.717) is 6.42 Å². The molecule has 0 bridgehead atoms. The zero-order valence-corrected chi connectivity index (χ0v) is 8.88. The normalized spacial score (nSPS) is 17.7. The largest absolute Gasteiger partial charge is 0.356 e. The second-order valence-electron chi connectivity index (χ2n) is 4.04. The monoisotopic (exact) mass is 196 g/mol. The molecule has 1 atom stereocenters. The molecule has 1 rings (SSSR count). The summed E-state index contributed by atoms with van der Waals surface area (Å²) in [7, 11) is 0. The Morgan fingerprint density at radius 3 is 3.07 bits per heavy atom. The number of carbonyl (C=O) groups is 1. The molecule has 0 aliphatic heterocycles. The summed E-state index contributed by atoms with van der Waals surface area (Å²) in [6, 6.07) is -0.0410. The smallest absolute Gasteiger partial charge is 0.221 e. The molecule has 0 heterocycles. The van der Waals surface area contributed by atoms with Crippen molar-refractivity contribution in [2.24, 2.45) is 5.73 Å². The minimum absolute atomic E-state index is 0.0410. The van der Waals surface area contributed by atoms with Crippen LogP contribution in [0.2, 0.25) is 0 Å². The van der Waals surface area contributed by atoms with Crippen LogP contribution in [0.5, 0.6) is 0 Å². The van der Waals surface area contributed by atoms with Crippen LogP contribution in [-0.4, -0.2) is 18.5 Å². The molecule has 3 N–H and O–H groups in total. The maximum Gasteiger partial charge on any atom is 0.221 e. The van der Waals surface area contributed by atoms with Gasteiger partial charge in [0.25, 0.3) is 0 Å². The molecule has 80 valence electrons. The Bertz CT molecular complexity index is 221. The quantitative estimate of drug-likeness (QED) is 0.652. The highest BCUT2D eigenvalue weighted by Crippen LogP contribution is 2.19. The molecule has 1 aliphatic rings. The lowest BCUT2D eigenvalue weighted by atomic mass is 10.1. The van der Waals surface area contributed by atoms with Crippen LogP contribution >= 0.6 is 0 Å². The summed E-state index contributed by atoms with van der Waals surface area (Å²) in [4.78, 5) is 11.2. The highest BCUT2D eigenvalue weighted by atomic mass is 16.1. The molecule has 3 nitrogen and oxygen atoms in total. The summed E-state index contributed by atoms with van der Waals surface area (Å²) in [5, 5.41) is 2.88. The zero-order valence-electron chi connectivity index (χ0n) is 8.88. The lowest BCUT2D eigenvalue weighted by Crippen LogP contribution is -2.30. The topological polar surface area (TPSA) is 55.1 Å². The Morgan fingerprint density at radius 2 is 2.50 bits per heavy atom. The lowest BCUT2D eigenvalue weighted by molar-refractivity contribution is -0.121. The molecular formula is C11H20N2O. The number of carbonyl (C=O) groups excluding carboxylic acids is 1. The number of amides is 1. The average molecular weight is 196 g/mol. The number of hydrogen-bond donors (Lipinski definition) is 2. The first-order valence-corrected chi connectivity index (χ1v) is 5.38. The molecular weight excluding hydrogens is 176 g/mol. The molecule has 0 fully saturated rings. The van der Waals surface area contributed by atoms with E-state index >= 15 is 0 Å². The van der Waals surface area contributed by atoms with E-state index in [-0.39, 0.29) is 11.9 Å². The standard InChI is InChI=1S/C11H20N2O/c1-9(12)8-11(14)13-7-6-10-4-2-3-5-10/h4,9H,2-3,5-8,12H2,1H3,(H,13,14). The Morgan fingerprint density at radius 1 is 1.71 bits per heavy atom. The predicted molar refractivity (Wildman–Crippen MR) is 57.8 cm³/mol. The Labute approximate surface area is 85.7 Å². The van der Waals surface area contributed by atoms with E-state index in [1.807, 2.05) is 6.92 Å². The summed E-state index contributed by atoms with van der Waals surface area (Å²) in [6.07, 6.45) is 7.43. The highest BCUT2D eigenvalue weighted by molar-refractivity contribution is 5.76. The lowest BCUT2D eigenvalue weighted by Gasteiger charge is -2.07. The first-order valence-electron chi connectivity index (χ1n) is 5.38. The van der Waals surface area contributed by atoms with E-state index in [4.69, 9.17) is 5.73 Å². The molecule has 1 amide bonds. The van der Waals surface area contributed by atoms with E-state index in [1.54, 1.807) is 0 Å². The van der Waals surface area contributed by atoms with Gasteiger partial charge in [-0.2, -0.15) is 0 Å². The summed E-state index contributed by atoms with van der Waals surface area (Å²) in [5.74, 6) is 0.0681. The second kappa shape index (κ2) is 5.81. The predicted octanol–water partition coefficient (Wildman–Crippen LogP) is 1.34. The van der Waals surface area contributed by atoms with Crippen molar-refractivity contribution in [3.63, 3.8) is 0 Å². The van der Waals surface area contributed by atoms with Crippen molar-refractivity contribution in [1.29, 1.82) is 0 Å². The number of allylic oxidation sites excluding steroid dienone is 1. The molecule has 0 radical (unpaired) electrons. The third kappa shape index (κ3) is 4.42. The number of rotatable bonds is 5. The van der Waals surface area contributed by atoms with Gasteiger partial charge in [0.2, 0.25) is 5.91 Å². The van der Waals surface area contributed by atoms with E-state index in [1.165, 1.54) is 24.8 Å². The van der Waals surface area contributed by atoms with Crippen molar-refractivity contribution in [1.82, 2.24) is 5.32 Å². The number of nitrogens with two attached hydrogens (primary N) is 1. The van der Waals surface area contributed by atoms with Crippen LogP contribution in [-0.2, 0) is 4.79 Å². The summed E-state index contributed by atoms with van der Waals surface area (Å²) >= 11 is 0. The van der Waals surface area contributed by atoms with Gasteiger partial charge in [-0.05, 0) is 32.6 Å². The van der Waals surface area contributed by atoms with Crippen molar-refractivity contribution in [3.8, 4) is 0 Å². The first-order chi connectivity index (χ1) is 6.68. The van der Waals surface area contributed by atoms with Crippen LogP contribution in [0, 0.1) is 0 Å². The van der Waals surface area contributed by atoms with Gasteiger partial charge in [-0.3, -0.25) is 4.79 Å². The fourth-order valence-corrected chi connectivity index (χ4v) is 1.69. The molecule has 14 heavy (non-hydrogen) atoms. The van der Waals surface area contributed by atoms with E-state index in [0.717, 1.165) is 13.0 Å². The van der Waals surface area contributed by atoms with Crippen LogP contribution in [0.4, 0.5) is 0 Å². The van der Waals surface area contributed by atoms with Crippen molar-refractivity contribution in [2.75, 3.05) is 6.54 Å². The maximum atomic E-state index is 11.2. The van der Waals surface area contributed by atoms with Crippen LogP contribution in [0.25, 0.3) is 0 Å². The zero-order chi connectivity index (χ0) is 10.4. The van der Waals surface area contributed by atoms with Crippen LogP contribution in [0.15, 0.2) is 11.6 Å². The minimum Gasteiger partial charge on any atom is -0.356 e. The third-order valence-electron chi connectivity index (χ3n) is 2.41. The maximum absolute atomic E-state index is 11.2. The first kappa shape index (κ1) is 11.2. The van der Waals surface area contributed by atoms with Gasteiger partial charge in [0.1, 0.15) is 0 Å². The Hall–Kier alpha value is -0.830. The van der Waals surface area contributed by atoms with Crippen molar-refractivity contribution in [3.05, 3.63) is 11.6 Å². The SMILES string of the molecule is CC(N)CC(=O)NCCC1=CCCC1. The van der Waals surface area contributed by atoms with Crippen LogP contribution < -0.4 is 11.1 Å². The summed E-state index contributed by atoms with van der Waals surface area (Å²) in [6.45, 7) is 2.61. The number of hydrogen-bond acceptors (Lipinski definition) is 2. The molecule has 0 aromatic heterocycles. The molecule has 3 heteroatoms. The summed E-state index contributed by atoms with van der Waals surface area (Å²) in [5.41, 5.74) is 7.01. The second-order valence-corrected chi connectivity index (χ2v) is 4.04. The molecule has 1 unspecified atom stereocenters. The van der Waals surface area contributed by atoms with Crippen LogP contribution in [0.1, 0.15) is 39.0 Å². The van der Waals surface area contributed by atoms with Gasteiger partial charge >= 0.3 is 0 Å². The molecule has 0 saturated heterocycles. The Kier molecular flexibility index (Phi) is 4.66. The van der Waals surface area contributed by atoms with Gasteiger partial charge in [-0.15, -0.1) is 0 Å². The fraction of sp³-hybridized carbons (Fsp3) is 0.727. The summed E-state index contributed by atoms with van der Waals surface area (Å²) < 4.78 is 0. The van der Waals surface area contributed by atoms with Gasteiger partial charge < -0.3 is 11.1 Å². The van der Waals surface area contributed by atoms with E-state index in [2.05, 4.69) is 11.4 Å². The Balaban J connectivity index is 2.05. The van der Waals surface area contributed by atoms with E-state index in [9.17, 15) is 4.79 Å². The van der Waals surface area contributed by atoms with Gasteiger partial charge in [0.05, 0.1) is 0 Å². The minimum atomic E-state index is -0.0410. The molecule has 0 aromatic carbocycles. The molecule has 1 aliphatic carbocycles. The number of nitrogens with one attached hydrogen (secondary N) is 1. The highest BCUT2D eigenvalue weighted by Gasteiger charge is 2.06.